The smallest absolute Gasteiger partial charge is 0.236 e. The van der Waals surface area contributed by atoms with Gasteiger partial charge in [-0.15, -0.1) is 0 Å². The minimum atomic E-state index is -0.116. The van der Waals surface area contributed by atoms with Crippen molar-refractivity contribution in [1.82, 2.24) is 14.8 Å². The molecule has 2 aromatic carbocycles. The van der Waals surface area contributed by atoms with Gasteiger partial charge in [0.1, 0.15) is 35.7 Å². The zero-order chi connectivity index (χ0) is 26.7. The fourth-order valence-electron chi connectivity index (χ4n) is 6.42. The lowest BCUT2D eigenvalue weighted by molar-refractivity contribution is 0.169. The van der Waals surface area contributed by atoms with Gasteiger partial charge in [-0.25, -0.2) is 15.0 Å². The second-order valence-corrected chi connectivity index (χ2v) is 11.3. The Hall–Kier alpha value is -3.55. The van der Waals surface area contributed by atoms with Crippen LogP contribution in [-0.2, 0) is 9.47 Å². The largest absolute Gasteiger partial charge is 0.466 e. The Kier molecular flexibility index (Phi) is 7.32. The molecule has 4 aliphatic rings. The van der Waals surface area contributed by atoms with Crippen LogP contribution in [0.15, 0.2) is 88.8 Å². The van der Waals surface area contributed by atoms with Crippen LogP contribution >= 0.6 is 0 Å². The number of hydrogen-bond acceptors (Lipinski definition) is 7. The fourth-order valence-corrected chi connectivity index (χ4v) is 6.42. The summed E-state index contributed by atoms with van der Waals surface area (Å²) in [6, 6.07) is 26.9. The Morgan fingerprint density at radius 2 is 0.975 bits per heavy atom. The molecule has 0 aliphatic carbocycles. The van der Waals surface area contributed by atoms with Crippen LogP contribution in [0.25, 0.3) is 0 Å². The highest BCUT2D eigenvalue weighted by molar-refractivity contribution is 5.97. The molecule has 7 heteroatoms. The van der Waals surface area contributed by atoms with Crippen molar-refractivity contribution in [3.05, 3.63) is 101 Å². The molecule has 0 saturated carbocycles. The van der Waals surface area contributed by atoms with E-state index in [-0.39, 0.29) is 24.3 Å². The Balaban J connectivity index is 1.15. The Labute approximate surface area is 236 Å². The first-order chi connectivity index (χ1) is 19.8. The SMILES string of the molecule is c1ccc([C@@H]2OC(c3cccc(C4=N[C@@H](CN5CCCC5)[C@H](c5ccccc5)O4)n3)=N[C@H]2CN2CCCC2)cc1. The lowest BCUT2D eigenvalue weighted by Gasteiger charge is -2.23. The van der Waals surface area contributed by atoms with E-state index in [2.05, 4.69) is 58.3 Å². The summed E-state index contributed by atoms with van der Waals surface area (Å²) in [7, 11) is 0. The summed E-state index contributed by atoms with van der Waals surface area (Å²) < 4.78 is 13.1. The van der Waals surface area contributed by atoms with Crippen molar-refractivity contribution in [1.29, 1.82) is 0 Å². The number of ether oxygens (including phenoxy) is 2. The maximum Gasteiger partial charge on any atom is 0.236 e. The molecule has 0 unspecified atom stereocenters. The van der Waals surface area contributed by atoms with Gasteiger partial charge in [-0.1, -0.05) is 66.7 Å². The maximum atomic E-state index is 6.55. The predicted molar refractivity (Wildman–Crippen MR) is 157 cm³/mol. The van der Waals surface area contributed by atoms with Gasteiger partial charge in [-0.05, 0) is 75.1 Å². The van der Waals surface area contributed by atoms with Crippen molar-refractivity contribution in [3.8, 4) is 0 Å². The molecule has 0 spiro atoms. The van der Waals surface area contributed by atoms with E-state index in [0.29, 0.717) is 11.8 Å². The molecule has 2 fully saturated rings. The molecule has 0 N–H and O–H groups in total. The van der Waals surface area contributed by atoms with Crippen LogP contribution in [0.3, 0.4) is 0 Å². The van der Waals surface area contributed by atoms with Crippen LogP contribution in [0.1, 0.15) is 60.4 Å². The fraction of sp³-hybridized carbons (Fsp3) is 0.424. The molecular weight excluding hydrogens is 498 g/mol. The zero-order valence-electron chi connectivity index (χ0n) is 22.9. The summed E-state index contributed by atoms with van der Waals surface area (Å²) in [5.41, 5.74) is 3.77. The number of nitrogens with zero attached hydrogens (tertiary/aromatic N) is 5. The first-order valence-corrected chi connectivity index (χ1v) is 14.8. The second kappa shape index (κ2) is 11.5. The average Bonchev–Trinajstić information content (AvgIpc) is 3.83. The number of hydrogen-bond donors (Lipinski definition) is 0. The van der Waals surface area contributed by atoms with Crippen LogP contribution in [0, 0.1) is 0 Å². The summed E-state index contributed by atoms with van der Waals surface area (Å²) in [5.74, 6) is 1.21. The molecule has 3 aromatic rings. The Morgan fingerprint density at radius 1 is 0.550 bits per heavy atom. The summed E-state index contributed by atoms with van der Waals surface area (Å²) in [6.45, 7) is 6.33. The van der Waals surface area contributed by atoms with Crippen molar-refractivity contribution in [2.45, 2.75) is 50.0 Å². The standard InChI is InChI=1S/C33H37N5O2/c1-3-12-24(13-4-1)30-28(22-37-18-7-8-19-37)35-32(39-30)26-16-11-17-27(34-26)33-36-29(23-38-20-9-10-21-38)31(40-33)25-14-5-2-6-15-25/h1-6,11-17,28-31H,7-10,18-23H2/t28-,29-,30-,31-/m0/s1. The van der Waals surface area contributed by atoms with Gasteiger partial charge >= 0.3 is 0 Å². The highest BCUT2D eigenvalue weighted by Crippen LogP contribution is 2.34. The minimum absolute atomic E-state index is 0.0355. The highest BCUT2D eigenvalue weighted by atomic mass is 16.5. The van der Waals surface area contributed by atoms with Gasteiger partial charge in [0.2, 0.25) is 11.8 Å². The molecular formula is C33H37N5O2. The third-order valence-corrected chi connectivity index (χ3v) is 8.47. The van der Waals surface area contributed by atoms with E-state index < -0.39 is 0 Å². The number of rotatable bonds is 8. The molecule has 7 rings (SSSR count). The van der Waals surface area contributed by atoms with E-state index in [1.165, 1.54) is 25.7 Å². The predicted octanol–water partition coefficient (Wildman–Crippen LogP) is 5.05. The Morgan fingerprint density at radius 3 is 1.40 bits per heavy atom. The van der Waals surface area contributed by atoms with Gasteiger partial charge in [0.05, 0.1) is 0 Å². The minimum Gasteiger partial charge on any atom is -0.466 e. The van der Waals surface area contributed by atoms with Gasteiger partial charge < -0.3 is 19.3 Å². The molecule has 206 valence electrons. The van der Waals surface area contributed by atoms with E-state index in [0.717, 1.165) is 61.8 Å². The van der Waals surface area contributed by atoms with E-state index in [1.807, 2.05) is 30.3 Å². The quantitative estimate of drug-likeness (QED) is 0.404. The number of likely N-dealkylation sites (tertiary alicyclic amines) is 2. The van der Waals surface area contributed by atoms with Gasteiger partial charge in [0.25, 0.3) is 0 Å². The number of aliphatic imine (C=N–C) groups is 2. The second-order valence-electron chi connectivity index (χ2n) is 11.3. The zero-order valence-corrected chi connectivity index (χ0v) is 22.9. The third kappa shape index (κ3) is 5.40. The lowest BCUT2D eigenvalue weighted by Crippen LogP contribution is -2.31. The molecule has 5 heterocycles. The summed E-state index contributed by atoms with van der Waals surface area (Å²) in [6.07, 6.45) is 4.80. The van der Waals surface area contributed by atoms with Gasteiger partial charge in [-0.2, -0.15) is 0 Å². The van der Waals surface area contributed by atoms with Crippen LogP contribution in [-0.4, -0.2) is 77.9 Å². The first kappa shape index (κ1) is 25.4. The normalized spacial score (nSPS) is 26.9. The molecule has 0 amide bonds. The van der Waals surface area contributed by atoms with Gasteiger partial charge in [-0.3, -0.25) is 0 Å². The Bertz CT molecular complexity index is 1250. The van der Waals surface area contributed by atoms with Crippen LogP contribution in [0.2, 0.25) is 0 Å². The van der Waals surface area contributed by atoms with Crippen molar-refractivity contribution in [2.24, 2.45) is 9.98 Å². The molecule has 4 atom stereocenters. The number of aromatic nitrogens is 1. The topological polar surface area (TPSA) is 62.6 Å². The molecule has 1 aromatic heterocycles. The van der Waals surface area contributed by atoms with Crippen molar-refractivity contribution in [2.75, 3.05) is 39.3 Å². The van der Waals surface area contributed by atoms with Gasteiger partial charge in [0.15, 0.2) is 0 Å². The maximum absolute atomic E-state index is 6.55. The molecule has 2 saturated heterocycles. The van der Waals surface area contributed by atoms with E-state index in [4.69, 9.17) is 24.4 Å². The van der Waals surface area contributed by atoms with E-state index in [1.54, 1.807) is 0 Å². The van der Waals surface area contributed by atoms with E-state index >= 15 is 0 Å². The van der Waals surface area contributed by atoms with Crippen LogP contribution in [0.5, 0.6) is 0 Å². The summed E-state index contributed by atoms with van der Waals surface area (Å²) in [5, 5.41) is 0. The highest BCUT2D eigenvalue weighted by Gasteiger charge is 2.37. The first-order valence-electron chi connectivity index (χ1n) is 14.8. The van der Waals surface area contributed by atoms with Gasteiger partial charge in [0, 0.05) is 13.1 Å². The molecule has 4 aliphatic heterocycles. The lowest BCUT2D eigenvalue weighted by atomic mass is 10.0. The van der Waals surface area contributed by atoms with Crippen molar-refractivity contribution < 1.29 is 9.47 Å². The average molecular weight is 536 g/mol. The molecule has 7 nitrogen and oxygen atoms in total. The number of benzene rings is 2. The van der Waals surface area contributed by atoms with E-state index in [9.17, 15) is 0 Å². The molecule has 0 bridgehead atoms. The third-order valence-electron chi connectivity index (χ3n) is 8.47. The molecule has 40 heavy (non-hydrogen) atoms. The van der Waals surface area contributed by atoms with Crippen LogP contribution < -0.4 is 0 Å². The monoisotopic (exact) mass is 535 g/mol. The van der Waals surface area contributed by atoms with Crippen molar-refractivity contribution >= 4 is 11.8 Å². The molecule has 0 radical (unpaired) electrons. The summed E-state index contributed by atoms with van der Waals surface area (Å²) >= 11 is 0. The number of pyridine rings is 1. The summed E-state index contributed by atoms with van der Waals surface area (Å²) in [4.78, 5) is 20.2. The van der Waals surface area contributed by atoms with Crippen molar-refractivity contribution in [3.63, 3.8) is 0 Å². The van der Waals surface area contributed by atoms with Crippen LogP contribution in [0.4, 0.5) is 0 Å².